The number of carbonyl (C=O) groups is 2. The molecule has 3 N–H and O–H groups in total. The molecule has 2 amide bonds. The summed E-state index contributed by atoms with van der Waals surface area (Å²) in [5.41, 5.74) is 3.54. The van der Waals surface area contributed by atoms with E-state index in [0.29, 0.717) is 29.6 Å². The van der Waals surface area contributed by atoms with E-state index >= 15 is 0 Å². The fourth-order valence-electron chi connectivity index (χ4n) is 4.24. The number of fused-ring (bicyclic) bond motifs is 1. The van der Waals surface area contributed by atoms with Gasteiger partial charge in [-0.3, -0.25) is 19.5 Å². The largest absolute Gasteiger partial charge is 0.346 e. The van der Waals surface area contributed by atoms with E-state index in [1.807, 2.05) is 31.2 Å². The molecule has 3 aromatic heterocycles. The fourth-order valence-corrected chi connectivity index (χ4v) is 4.24. The Bertz CT molecular complexity index is 1380. The summed E-state index contributed by atoms with van der Waals surface area (Å²) in [5, 5.41) is 9.70. The highest BCUT2D eigenvalue weighted by Crippen LogP contribution is 2.39. The molecule has 1 saturated heterocycles. The molecule has 9 nitrogen and oxygen atoms in total. The van der Waals surface area contributed by atoms with E-state index < -0.39 is 5.91 Å². The van der Waals surface area contributed by atoms with Crippen LogP contribution in [0.25, 0.3) is 10.9 Å². The van der Waals surface area contributed by atoms with Crippen LogP contribution in [0.5, 0.6) is 0 Å². The first-order valence-electron chi connectivity index (χ1n) is 10.3. The number of nitrogens with one attached hydrogen (secondary N) is 3. The van der Waals surface area contributed by atoms with Crippen molar-refractivity contribution in [1.29, 1.82) is 0 Å². The number of amides is 2. The molecule has 0 spiro atoms. The third kappa shape index (κ3) is 3.27. The monoisotopic (exact) mass is 430 g/mol. The number of benzene rings is 1. The Morgan fingerprint density at radius 3 is 2.72 bits per heavy atom. The van der Waals surface area contributed by atoms with Crippen molar-refractivity contribution in [2.45, 2.75) is 25.8 Å². The molecule has 0 radical (unpaired) electrons. The van der Waals surface area contributed by atoms with Crippen LogP contribution in [0.2, 0.25) is 0 Å². The molecule has 1 aliphatic rings. The third-order valence-corrected chi connectivity index (χ3v) is 5.88. The molecule has 1 aliphatic heterocycles. The summed E-state index contributed by atoms with van der Waals surface area (Å²) in [6.07, 6.45) is 5.81. The van der Waals surface area contributed by atoms with Gasteiger partial charge in [0, 0.05) is 31.2 Å². The molecular weight excluding hydrogens is 408 g/mol. The first kappa shape index (κ1) is 19.8. The maximum Gasteiger partial charge on any atom is 0.274 e. The highest BCUT2D eigenvalue weighted by Gasteiger charge is 2.35. The number of aromatic amines is 2. The first-order valence-corrected chi connectivity index (χ1v) is 10.3. The molecule has 9 heteroatoms. The van der Waals surface area contributed by atoms with Crippen molar-refractivity contribution in [3.63, 3.8) is 0 Å². The van der Waals surface area contributed by atoms with Crippen molar-refractivity contribution >= 4 is 34.1 Å². The van der Waals surface area contributed by atoms with Gasteiger partial charge in [0.25, 0.3) is 11.5 Å². The number of carbonyl (C=O) groups excluding carboxylic acids is 2. The molecule has 4 aromatic rings. The van der Waals surface area contributed by atoms with Gasteiger partial charge in [0.1, 0.15) is 11.2 Å². The van der Waals surface area contributed by atoms with Crippen molar-refractivity contribution in [1.82, 2.24) is 19.7 Å². The zero-order valence-corrected chi connectivity index (χ0v) is 17.7. The summed E-state index contributed by atoms with van der Waals surface area (Å²) < 4.78 is 1.43. The van der Waals surface area contributed by atoms with Crippen LogP contribution in [0.3, 0.4) is 0 Å². The molecule has 5 rings (SSSR count). The Kier molecular flexibility index (Phi) is 4.66. The molecule has 0 aliphatic carbocycles. The lowest BCUT2D eigenvalue weighted by atomic mass is 10.0. The minimum atomic E-state index is -0.404. The van der Waals surface area contributed by atoms with E-state index in [1.54, 1.807) is 30.4 Å². The average Bonchev–Trinajstić information content (AvgIpc) is 3.52. The maximum absolute atomic E-state index is 13.0. The van der Waals surface area contributed by atoms with Gasteiger partial charge < -0.3 is 19.8 Å². The molecule has 32 heavy (non-hydrogen) atoms. The van der Waals surface area contributed by atoms with Crippen molar-refractivity contribution in [2.75, 3.05) is 10.2 Å². The van der Waals surface area contributed by atoms with Crippen LogP contribution in [0, 0.1) is 6.92 Å². The second-order valence-corrected chi connectivity index (χ2v) is 8.07. The van der Waals surface area contributed by atoms with Crippen molar-refractivity contribution in [3.05, 3.63) is 76.1 Å². The first-order chi connectivity index (χ1) is 15.4. The topological polar surface area (TPSA) is 116 Å². The van der Waals surface area contributed by atoms with Gasteiger partial charge in [-0.05, 0) is 25.0 Å². The van der Waals surface area contributed by atoms with Gasteiger partial charge in [0.2, 0.25) is 5.91 Å². The molecular formula is C23H22N6O3. The number of pyridine rings is 1. The van der Waals surface area contributed by atoms with Crippen molar-refractivity contribution < 1.29 is 9.59 Å². The van der Waals surface area contributed by atoms with E-state index in [-0.39, 0.29) is 28.7 Å². The highest BCUT2D eigenvalue weighted by atomic mass is 16.2. The number of hydrogen-bond donors (Lipinski definition) is 3. The minimum absolute atomic E-state index is 0.0128. The van der Waals surface area contributed by atoms with E-state index in [0.717, 1.165) is 11.1 Å². The van der Waals surface area contributed by atoms with Crippen LogP contribution < -0.4 is 15.8 Å². The number of hydrogen-bond acceptors (Lipinski definition) is 4. The van der Waals surface area contributed by atoms with Gasteiger partial charge in [-0.2, -0.15) is 5.10 Å². The smallest absolute Gasteiger partial charge is 0.274 e. The van der Waals surface area contributed by atoms with Gasteiger partial charge >= 0.3 is 0 Å². The standard InChI is InChI=1S/C23H22N6O3/c1-13-3-5-14(6-4-13)18-7-8-20(30)29(18)19-12-28(2)23(32)21-16(19)9-17(27-21)22(31)26-15-10-24-25-11-15/h3-6,9-12,18,27H,7-8H2,1-2H3,(H,24,25)(H,26,31). The Hall–Kier alpha value is -4.14. The van der Waals surface area contributed by atoms with Crippen LogP contribution in [-0.2, 0) is 11.8 Å². The average molecular weight is 430 g/mol. The third-order valence-electron chi connectivity index (χ3n) is 5.88. The highest BCUT2D eigenvalue weighted by molar-refractivity contribution is 6.10. The molecule has 1 atom stereocenters. The predicted molar refractivity (Wildman–Crippen MR) is 121 cm³/mol. The SMILES string of the molecule is Cc1ccc(C2CCC(=O)N2c2cn(C)c(=O)c3[nH]c(C(=O)Nc4cn[nH]c4)cc23)cc1. The normalized spacial score (nSPS) is 16.1. The number of nitrogens with zero attached hydrogens (tertiary/aromatic N) is 3. The number of anilines is 2. The van der Waals surface area contributed by atoms with E-state index in [1.165, 1.54) is 10.8 Å². The molecule has 0 saturated carbocycles. The van der Waals surface area contributed by atoms with E-state index in [2.05, 4.69) is 20.5 Å². The fraction of sp³-hybridized carbons (Fsp3) is 0.217. The molecule has 4 heterocycles. The number of aryl methyl sites for hydroxylation is 2. The molecule has 0 bridgehead atoms. The summed E-state index contributed by atoms with van der Waals surface area (Å²) in [5.74, 6) is -0.417. The molecule has 1 aromatic carbocycles. The zero-order chi connectivity index (χ0) is 22.4. The van der Waals surface area contributed by atoms with Crippen LogP contribution in [0.4, 0.5) is 11.4 Å². The summed E-state index contributed by atoms with van der Waals surface area (Å²) in [6, 6.07) is 9.61. The van der Waals surface area contributed by atoms with Gasteiger partial charge in [0.05, 0.1) is 23.6 Å². The van der Waals surface area contributed by atoms with Crippen LogP contribution >= 0.6 is 0 Å². The molecule has 162 valence electrons. The summed E-state index contributed by atoms with van der Waals surface area (Å²) in [4.78, 5) is 43.2. The lowest BCUT2D eigenvalue weighted by molar-refractivity contribution is -0.117. The summed E-state index contributed by atoms with van der Waals surface area (Å²) in [6.45, 7) is 2.02. The lowest BCUT2D eigenvalue weighted by Crippen LogP contribution is -2.29. The summed E-state index contributed by atoms with van der Waals surface area (Å²) in [7, 11) is 1.64. The Morgan fingerprint density at radius 1 is 1.22 bits per heavy atom. The quantitative estimate of drug-likeness (QED) is 0.461. The number of aromatic nitrogens is 4. The minimum Gasteiger partial charge on any atom is -0.346 e. The second kappa shape index (κ2) is 7.52. The Balaban J connectivity index is 1.61. The summed E-state index contributed by atoms with van der Waals surface area (Å²) >= 11 is 0. The van der Waals surface area contributed by atoms with Crippen molar-refractivity contribution in [3.8, 4) is 0 Å². The maximum atomic E-state index is 13.0. The van der Waals surface area contributed by atoms with Gasteiger partial charge in [-0.1, -0.05) is 29.8 Å². The molecule has 1 unspecified atom stereocenters. The van der Waals surface area contributed by atoms with Crippen LogP contribution in [0.1, 0.15) is 40.5 Å². The van der Waals surface area contributed by atoms with Gasteiger partial charge in [-0.15, -0.1) is 0 Å². The van der Waals surface area contributed by atoms with E-state index in [4.69, 9.17) is 0 Å². The Morgan fingerprint density at radius 2 is 2.00 bits per heavy atom. The predicted octanol–water partition coefficient (Wildman–Crippen LogP) is 3.02. The van der Waals surface area contributed by atoms with Gasteiger partial charge in [0.15, 0.2) is 0 Å². The van der Waals surface area contributed by atoms with E-state index in [9.17, 15) is 14.4 Å². The zero-order valence-electron chi connectivity index (χ0n) is 17.7. The van der Waals surface area contributed by atoms with Crippen LogP contribution in [0.15, 0.2) is 53.7 Å². The molecule has 1 fully saturated rings. The Labute approximate surface area is 183 Å². The number of rotatable bonds is 4. The lowest BCUT2D eigenvalue weighted by Gasteiger charge is -2.26. The van der Waals surface area contributed by atoms with Crippen LogP contribution in [-0.4, -0.2) is 31.6 Å². The number of H-pyrrole nitrogens is 2. The van der Waals surface area contributed by atoms with Gasteiger partial charge in [-0.25, -0.2) is 0 Å². The van der Waals surface area contributed by atoms with Crippen molar-refractivity contribution in [2.24, 2.45) is 7.05 Å². The second-order valence-electron chi connectivity index (χ2n) is 8.07.